The topological polar surface area (TPSA) is 75.0 Å². The van der Waals surface area contributed by atoms with Gasteiger partial charge in [-0.05, 0) is 35.6 Å². The van der Waals surface area contributed by atoms with E-state index < -0.39 is 11.2 Å². The minimum Gasteiger partial charge on any atom is -0.502 e. The quantitative estimate of drug-likeness (QED) is 0.527. The van der Waals surface area contributed by atoms with Crippen LogP contribution in [0.5, 0.6) is 11.5 Å². The number of fused-ring (bicyclic) bond motifs is 3. The summed E-state index contributed by atoms with van der Waals surface area (Å²) >= 11 is 1.80. The number of aromatic nitrogens is 1. The van der Waals surface area contributed by atoms with Gasteiger partial charge >= 0.3 is 0 Å². The second-order valence-corrected chi connectivity index (χ2v) is 11.1. The van der Waals surface area contributed by atoms with Gasteiger partial charge in [-0.1, -0.05) is 30.3 Å². The molecule has 7 nitrogen and oxygen atoms in total. The highest BCUT2D eigenvalue weighted by Gasteiger charge is 2.75. The average Bonchev–Trinajstić information content (AvgIpc) is 3.77. The summed E-state index contributed by atoms with van der Waals surface area (Å²) in [5.41, 5.74) is 2.93. The van der Waals surface area contributed by atoms with Gasteiger partial charge in [0.25, 0.3) is 5.91 Å². The van der Waals surface area contributed by atoms with Crippen molar-refractivity contribution in [1.82, 2.24) is 9.58 Å². The van der Waals surface area contributed by atoms with Crippen LogP contribution in [-0.4, -0.2) is 39.9 Å². The van der Waals surface area contributed by atoms with Gasteiger partial charge < -0.3 is 14.7 Å². The first-order valence-corrected chi connectivity index (χ1v) is 13.1. The van der Waals surface area contributed by atoms with Crippen LogP contribution >= 0.6 is 11.8 Å². The fourth-order valence-corrected chi connectivity index (χ4v) is 7.53. The summed E-state index contributed by atoms with van der Waals surface area (Å²) in [6.07, 6.45) is 2.80. The van der Waals surface area contributed by atoms with Crippen molar-refractivity contribution in [3.8, 4) is 11.5 Å². The molecule has 1 amide bonds. The summed E-state index contributed by atoms with van der Waals surface area (Å²) in [6, 6.07) is 15.7. The fourth-order valence-electron chi connectivity index (χ4n) is 6.44. The summed E-state index contributed by atoms with van der Waals surface area (Å²) < 4.78 is 8.34. The largest absolute Gasteiger partial charge is 0.502 e. The second-order valence-electron chi connectivity index (χ2n) is 10.1. The lowest BCUT2D eigenvalue weighted by atomic mass is 9.93. The Labute approximate surface area is 205 Å². The van der Waals surface area contributed by atoms with Gasteiger partial charge in [0.1, 0.15) is 24.6 Å². The van der Waals surface area contributed by atoms with Crippen molar-refractivity contribution in [1.29, 1.82) is 0 Å². The van der Waals surface area contributed by atoms with Crippen molar-refractivity contribution in [3.63, 3.8) is 0 Å². The summed E-state index contributed by atoms with van der Waals surface area (Å²) in [4.78, 5) is 28.9. The van der Waals surface area contributed by atoms with Gasteiger partial charge in [-0.15, -0.1) is 11.8 Å². The number of benzene rings is 2. The third-order valence-electron chi connectivity index (χ3n) is 8.37. The van der Waals surface area contributed by atoms with Crippen LogP contribution in [0, 0.1) is 17.8 Å². The van der Waals surface area contributed by atoms with E-state index in [0.29, 0.717) is 31.0 Å². The predicted molar refractivity (Wildman–Crippen MR) is 130 cm³/mol. The van der Waals surface area contributed by atoms with Crippen molar-refractivity contribution in [3.05, 3.63) is 87.3 Å². The van der Waals surface area contributed by atoms with E-state index in [2.05, 4.69) is 41.4 Å². The molecule has 1 aromatic heterocycles. The molecule has 0 radical (unpaired) electrons. The maximum Gasteiger partial charge on any atom is 0.277 e. The Morgan fingerprint density at radius 2 is 1.89 bits per heavy atom. The van der Waals surface area contributed by atoms with Gasteiger partial charge in [-0.3, -0.25) is 19.3 Å². The molecule has 6 aliphatic rings. The molecule has 8 heteroatoms. The normalized spacial score (nSPS) is 29.3. The van der Waals surface area contributed by atoms with Crippen molar-refractivity contribution >= 4 is 17.7 Å². The standard InChI is InChI=1S/C27H23N3O4S/c31-17-9-11-29-24(25(17)32)27(33)28-10-8-16-21-22(16)26(21)34-18-6-3-4-14-12-35-19-7-2-1-5-15(19)23(20(14)18)30(29)13-28/h1-7,9,11,16,21-23,26,32H,8,10,12-13H2/t16?,21-,22?,23-,26?/m0/s1. The van der Waals surface area contributed by atoms with E-state index in [0.717, 1.165) is 29.1 Å². The number of amides is 1. The molecule has 0 saturated heterocycles. The van der Waals surface area contributed by atoms with Gasteiger partial charge in [-0.25, -0.2) is 0 Å². The van der Waals surface area contributed by atoms with Gasteiger partial charge in [0.05, 0.1) is 0 Å². The van der Waals surface area contributed by atoms with Crippen LogP contribution in [0.2, 0.25) is 0 Å². The van der Waals surface area contributed by atoms with Crippen LogP contribution in [0.1, 0.15) is 39.6 Å². The van der Waals surface area contributed by atoms with E-state index in [9.17, 15) is 14.7 Å². The molecule has 4 aliphatic heterocycles. The number of hydrogen-bond acceptors (Lipinski definition) is 6. The Morgan fingerprint density at radius 3 is 2.77 bits per heavy atom. The molecule has 3 unspecified atom stereocenters. The highest BCUT2D eigenvalue weighted by atomic mass is 32.2. The van der Waals surface area contributed by atoms with E-state index in [4.69, 9.17) is 4.74 Å². The van der Waals surface area contributed by atoms with E-state index >= 15 is 0 Å². The Morgan fingerprint density at radius 1 is 1.03 bits per heavy atom. The number of carbonyl (C=O) groups excluding carboxylic acids is 1. The summed E-state index contributed by atoms with van der Waals surface area (Å²) in [6.45, 7) is 0.955. The minimum atomic E-state index is -0.542. The van der Waals surface area contributed by atoms with Crippen LogP contribution in [0.4, 0.5) is 0 Å². The van der Waals surface area contributed by atoms with E-state index in [1.807, 2.05) is 6.07 Å². The molecule has 9 rings (SSSR count). The molecule has 3 aromatic rings. The first kappa shape index (κ1) is 19.9. The zero-order chi connectivity index (χ0) is 23.4. The average molecular weight is 486 g/mol. The lowest BCUT2D eigenvalue weighted by Gasteiger charge is -2.45. The number of rotatable bonds is 0. The number of carbonyl (C=O) groups is 1. The minimum absolute atomic E-state index is 0.0361. The van der Waals surface area contributed by atoms with Crippen LogP contribution < -0.4 is 15.2 Å². The number of ether oxygens (including phenoxy) is 1. The number of pyridine rings is 1. The molecule has 1 N–H and O–H groups in total. The van der Waals surface area contributed by atoms with E-state index in [-0.39, 0.29) is 23.7 Å². The number of hydrogen-bond donors (Lipinski definition) is 1. The third-order valence-corrected chi connectivity index (χ3v) is 9.50. The summed E-state index contributed by atoms with van der Waals surface area (Å²) in [5, 5.41) is 12.9. The van der Waals surface area contributed by atoms with Crippen molar-refractivity contribution in [2.24, 2.45) is 17.8 Å². The number of thioether (sulfide) groups is 1. The highest BCUT2D eigenvalue weighted by molar-refractivity contribution is 7.98. The SMILES string of the molecule is O=C1c2c(O)c(=O)ccn2N2CN1CCC1C3C(Oc4cccc5c4[C@@H]2c2ccccc2SC5)[C@@H]13. The molecule has 2 saturated carbocycles. The summed E-state index contributed by atoms with van der Waals surface area (Å²) in [5.74, 6) is 2.68. The molecule has 0 spiro atoms. The Hall–Kier alpha value is -3.39. The van der Waals surface area contributed by atoms with Crippen LogP contribution in [0.25, 0.3) is 0 Å². The molecule has 2 fully saturated rings. The smallest absolute Gasteiger partial charge is 0.277 e. The summed E-state index contributed by atoms with van der Waals surface area (Å²) in [7, 11) is 0. The first-order valence-electron chi connectivity index (χ1n) is 12.1. The fraction of sp³-hybridized carbons (Fsp3) is 0.333. The Balaban J connectivity index is 1.41. The van der Waals surface area contributed by atoms with Crippen LogP contribution in [0.15, 0.2) is 64.4 Å². The van der Waals surface area contributed by atoms with Crippen molar-refractivity contribution < 1.29 is 14.6 Å². The zero-order valence-electron chi connectivity index (χ0n) is 18.8. The monoisotopic (exact) mass is 485 g/mol. The first-order chi connectivity index (χ1) is 17.1. The second kappa shape index (κ2) is 6.85. The molecule has 5 heterocycles. The van der Waals surface area contributed by atoms with Crippen LogP contribution in [0.3, 0.4) is 0 Å². The molecular formula is C27H23N3O4S. The Kier molecular flexibility index (Phi) is 3.89. The van der Waals surface area contributed by atoms with Crippen molar-refractivity contribution in [2.45, 2.75) is 29.2 Å². The van der Waals surface area contributed by atoms with Gasteiger partial charge in [-0.2, -0.15) is 0 Å². The highest BCUT2D eigenvalue weighted by Crippen LogP contribution is 2.71. The van der Waals surface area contributed by atoms with Crippen molar-refractivity contribution in [2.75, 3.05) is 18.2 Å². The predicted octanol–water partition coefficient (Wildman–Crippen LogP) is 3.33. The van der Waals surface area contributed by atoms with Gasteiger partial charge in [0.15, 0.2) is 11.4 Å². The molecule has 5 atom stereocenters. The van der Waals surface area contributed by atoms with E-state index in [1.54, 1.807) is 27.5 Å². The number of nitrogens with zero attached hydrogens (tertiary/aromatic N) is 3. The van der Waals surface area contributed by atoms with Crippen LogP contribution in [-0.2, 0) is 5.75 Å². The molecule has 35 heavy (non-hydrogen) atoms. The zero-order valence-corrected chi connectivity index (χ0v) is 19.6. The lowest BCUT2D eigenvalue weighted by molar-refractivity contribution is 0.0663. The molecule has 176 valence electrons. The molecule has 2 aromatic carbocycles. The maximum absolute atomic E-state index is 13.5. The Bertz CT molecular complexity index is 1480. The maximum atomic E-state index is 13.5. The molecule has 4 bridgehead atoms. The van der Waals surface area contributed by atoms with Gasteiger partial charge in [0.2, 0.25) is 5.43 Å². The number of aromatic hydroxyl groups is 1. The lowest BCUT2D eigenvalue weighted by Crippen LogP contribution is -2.56. The third kappa shape index (κ3) is 2.68. The van der Waals surface area contributed by atoms with Gasteiger partial charge in [0, 0.05) is 46.9 Å². The van der Waals surface area contributed by atoms with E-state index in [1.165, 1.54) is 16.5 Å². The molecule has 2 aliphatic carbocycles. The molecular weight excluding hydrogens is 462 g/mol.